The maximum absolute atomic E-state index is 12.9. The zero-order valence-electron chi connectivity index (χ0n) is 20.4. The lowest BCUT2D eigenvalue weighted by Gasteiger charge is -2.29. The Morgan fingerprint density at radius 3 is 2.32 bits per heavy atom. The third-order valence-electron chi connectivity index (χ3n) is 6.36. The van der Waals surface area contributed by atoms with Crippen molar-refractivity contribution in [3.8, 4) is 11.3 Å². The first kappa shape index (κ1) is 26.4. The van der Waals surface area contributed by atoms with Crippen LogP contribution in [0.2, 0.25) is 0 Å². The summed E-state index contributed by atoms with van der Waals surface area (Å²) in [6.07, 6.45) is -0.494. The van der Waals surface area contributed by atoms with Gasteiger partial charge in [-0.05, 0) is 39.3 Å². The Bertz CT molecular complexity index is 1240. The minimum atomic E-state index is -5.08. The predicted molar refractivity (Wildman–Crippen MR) is 132 cm³/mol. The number of rotatable bonds is 4. The Kier molecular flexibility index (Phi) is 7.96. The Morgan fingerprint density at radius 1 is 1.05 bits per heavy atom. The van der Waals surface area contributed by atoms with Crippen molar-refractivity contribution in [3.63, 3.8) is 0 Å². The lowest BCUT2D eigenvalue weighted by atomic mass is 10.1. The van der Waals surface area contributed by atoms with Gasteiger partial charge in [-0.1, -0.05) is 30.3 Å². The number of amides is 1. The fraction of sp³-hybridized carbons (Fsp3) is 0.440. The summed E-state index contributed by atoms with van der Waals surface area (Å²) in [5.74, 6) is -1.86. The number of hydrogen-bond acceptors (Lipinski definition) is 6. The molecule has 0 spiro atoms. The number of likely N-dealkylation sites (tertiary alicyclic amines) is 1. The van der Waals surface area contributed by atoms with Crippen molar-refractivity contribution in [1.82, 2.24) is 24.8 Å². The lowest BCUT2D eigenvalue weighted by Crippen LogP contribution is -2.36. The highest BCUT2D eigenvalue weighted by Gasteiger charge is 2.38. The molecule has 2 saturated heterocycles. The fourth-order valence-corrected chi connectivity index (χ4v) is 4.49. The van der Waals surface area contributed by atoms with Crippen molar-refractivity contribution in [2.75, 3.05) is 38.1 Å². The summed E-state index contributed by atoms with van der Waals surface area (Å²) < 4.78 is 33.6. The highest BCUT2D eigenvalue weighted by Crippen LogP contribution is 2.27. The van der Waals surface area contributed by atoms with Crippen molar-refractivity contribution >= 4 is 23.3 Å². The minimum Gasteiger partial charge on any atom is -0.475 e. The summed E-state index contributed by atoms with van der Waals surface area (Å²) in [7, 11) is 2.08. The van der Waals surface area contributed by atoms with E-state index < -0.39 is 12.1 Å². The Balaban J connectivity index is 0.000000405. The van der Waals surface area contributed by atoms with Gasteiger partial charge in [0.2, 0.25) is 0 Å². The van der Waals surface area contributed by atoms with Crippen LogP contribution in [-0.4, -0.2) is 81.9 Å². The molecule has 2 aliphatic rings. The van der Waals surface area contributed by atoms with Crippen molar-refractivity contribution < 1.29 is 27.9 Å². The largest absolute Gasteiger partial charge is 0.490 e. The van der Waals surface area contributed by atoms with Crippen LogP contribution in [0.3, 0.4) is 0 Å². The molecule has 2 fully saturated rings. The molecule has 9 nitrogen and oxygen atoms in total. The number of aromatic nitrogens is 3. The zero-order chi connectivity index (χ0) is 26.6. The van der Waals surface area contributed by atoms with E-state index in [4.69, 9.17) is 14.9 Å². The van der Waals surface area contributed by atoms with E-state index in [1.54, 1.807) is 0 Å². The van der Waals surface area contributed by atoms with Crippen LogP contribution in [0.4, 0.5) is 19.0 Å². The van der Waals surface area contributed by atoms with Crippen LogP contribution in [0.25, 0.3) is 16.9 Å². The summed E-state index contributed by atoms with van der Waals surface area (Å²) in [6.45, 7) is 3.90. The molecule has 1 atom stereocenters. The number of nitrogens with one attached hydrogen (secondary N) is 1. The molecule has 1 unspecified atom stereocenters. The summed E-state index contributed by atoms with van der Waals surface area (Å²) in [4.78, 5) is 31.2. The van der Waals surface area contributed by atoms with Gasteiger partial charge in [-0.3, -0.25) is 4.79 Å². The number of carboxylic acid groups (broad SMARTS) is 1. The van der Waals surface area contributed by atoms with Crippen molar-refractivity contribution in [2.45, 2.75) is 37.9 Å². The molecule has 5 rings (SSSR count). The molecule has 0 saturated carbocycles. The molecule has 37 heavy (non-hydrogen) atoms. The van der Waals surface area contributed by atoms with Gasteiger partial charge < -0.3 is 20.2 Å². The van der Waals surface area contributed by atoms with E-state index in [0.29, 0.717) is 11.3 Å². The summed E-state index contributed by atoms with van der Waals surface area (Å²) in [5.41, 5.74) is 3.12. The first-order valence-electron chi connectivity index (χ1n) is 12.1. The van der Waals surface area contributed by atoms with E-state index in [-0.39, 0.29) is 11.9 Å². The van der Waals surface area contributed by atoms with Crippen LogP contribution >= 0.6 is 0 Å². The highest BCUT2D eigenvalue weighted by atomic mass is 19.4. The summed E-state index contributed by atoms with van der Waals surface area (Å²) in [5, 5.41) is 14.9. The van der Waals surface area contributed by atoms with Crippen LogP contribution in [0.5, 0.6) is 0 Å². The molecule has 12 heteroatoms. The molecule has 0 aliphatic carbocycles. The Hall–Kier alpha value is -3.67. The number of piperidine rings is 1. The van der Waals surface area contributed by atoms with Crippen LogP contribution < -0.4 is 10.2 Å². The molecule has 1 aromatic carbocycles. The molecule has 2 aromatic heterocycles. The predicted octanol–water partition coefficient (Wildman–Crippen LogP) is 3.45. The number of carbonyl (C=O) groups excluding carboxylic acids is 1. The molecule has 4 heterocycles. The van der Waals surface area contributed by atoms with Crippen molar-refractivity contribution in [2.24, 2.45) is 0 Å². The monoisotopic (exact) mass is 518 g/mol. The van der Waals surface area contributed by atoms with Gasteiger partial charge in [0.05, 0.1) is 5.69 Å². The molecule has 0 bridgehead atoms. The van der Waals surface area contributed by atoms with Crippen LogP contribution in [0, 0.1) is 0 Å². The van der Waals surface area contributed by atoms with Gasteiger partial charge >= 0.3 is 12.1 Å². The second-order valence-corrected chi connectivity index (χ2v) is 9.24. The zero-order valence-corrected chi connectivity index (χ0v) is 20.4. The number of alkyl halides is 3. The van der Waals surface area contributed by atoms with Gasteiger partial charge in [-0.25, -0.2) is 9.78 Å². The SMILES string of the molecule is CN1CCC(NC(=O)c2cc3nc(-c4ccccc4)cc(N4CCCCC4)n3n2)C1.O=C(O)C(F)(F)F. The maximum Gasteiger partial charge on any atom is 0.490 e. The first-order chi connectivity index (χ1) is 17.6. The number of fused-ring (bicyclic) bond motifs is 1. The molecule has 1 amide bonds. The molecule has 3 aromatic rings. The number of carbonyl (C=O) groups is 2. The number of carboxylic acids is 1. The van der Waals surface area contributed by atoms with E-state index in [0.717, 1.165) is 49.7 Å². The Labute approximate surface area is 211 Å². The van der Waals surface area contributed by atoms with Gasteiger partial charge in [0.15, 0.2) is 11.3 Å². The number of hydrogen-bond donors (Lipinski definition) is 2. The summed E-state index contributed by atoms with van der Waals surface area (Å²) >= 11 is 0. The Morgan fingerprint density at radius 2 is 1.73 bits per heavy atom. The van der Waals surface area contributed by atoms with Gasteiger partial charge in [0.25, 0.3) is 5.91 Å². The fourth-order valence-electron chi connectivity index (χ4n) is 4.49. The van der Waals surface area contributed by atoms with Crippen LogP contribution in [0.15, 0.2) is 42.5 Å². The maximum atomic E-state index is 12.9. The van der Waals surface area contributed by atoms with E-state index in [9.17, 15) is 18.0 Å². The third kappa shape index (κ3) is 6.56. The average Bonchev–Trinajstić information content (AvgIpc) is 3.50. The van der Waals surface area contributed by atoms with E-state index in [2.05, 4.69) is 45.5 Å². The number of halogens is 3. The first-order valence-corrected chi connectivity index (χ1v) is 12.1. The number of anilines is 1. The van der Waals surface area contributed by atoms with Crippen LogP contribution in [-0.2, 0) is 4.79 Å². The quantitative estimate of drug-likeness (QED) is 0.545. The normalized spacial score (nSPS) is 18.4. The summed E-state index contributed by atoms with van der Waals surface area (Å²) in [6, 6.07) is 14.3. The van der Waals surface area contributed by atoms with E-state index in [1.807, 2.05) is 28.8 Å². The highest BCUT2D eigenvalue weighted by molar-refractivity contribution is 5.93. The number of benzene rings is 1. The van der Waals surface area contributed by atoms with Gasteiger partial charge in [-0.15, -0.1) is 0 Å². The van der Waals surface area contributed by atoms with Gasteiger partial charge in [0.1, 0.15) is 5.82 Å². The van der Waals surface area contributed by atoms with Gasteiger partial charge in [0, 0.05) is 43.4 Å². The standard InChI is InChI=1S/C23H28N6O.C2HF3O2/c1-27-13-10-18(16-27)24-23(30)20-14-21-25-19(17-8-4-2-5-9-17)15-22(29(21)26-20)28-11-6-3-7-12-28;3-2(4,5)1(6)7/h2,4-5,8-9,14-15,18H,3,6-7,10-13,16H2,1H3,(H,24,30);(H,6,7). The van der Waals surface area contributed by atoms with E-state index >= 15 is 0 Å². The third-order valence-corrected chi connectivity index (χ3v) is 6.36. The van der Waals surface area contributed by atoms with E-state index in [1.165, 1.54) is 19.3 Å². The van der Waals surface area contributed by atoms with Gasteiger partial charge in [-0.2, -0.15) is 22.8 Å². The topological polar surface area (TPSA) is 103 Å². The number of aliphatic carboxylic acids is 1. The minimum absolute atomic E-state index is 0.119. The molecule has 2 N–H and O–H groups in total. The van der Waals surface area contributed by atoms with Crippen LogP contribution in [0.1, 0.15) is 36.2 Å². The molecule has 2 aliphatic heterocycles. The second kappa shape index (κ2) is 11.2. The van der Waals surface area contributed by atoms with Crippen molar-refractivity contribution in [1.29, 1.82) is 0 Å². The molecule has 0 radical (unpaired) electrons. The smallest absolute Gasteiger partial charge is 0.475 e. The number of nitrogens with zero attached hydrogens (tertiary/aromatic N) is 5. The molecular formula is C25H29F3N6O3. The number of likely N-dealkylation sites (N-methyl/N-ethyl adjacent to an activating group) is 1. The van der Waals surface area contributed by atoms with Crippen molar-refractivity contribution in [3.05, 3.63) is 48.2 Å². The second-order valence-electron chi connectivity index (χ2n) is 9.24. The average molecular weight is 519 g/mol. The lowest BCUT2D eigenvalue weighted by molar-refractivity contribution is -0.192. The molecule has 198 valence electrons. The molecular weight excluding hydrogens is 489 g/mol.